The molecular formula is C13H20O3Si. The Morgan fingerprint density at radius 3 is 2.82 bits per heavy atom. The maximum atomic E-state index is 12.1. The Labute approximate surface area is 103 Å². The maximum absolute atomic E-state index is 12.1. The Kier molecular flexibility index (Phi) is 3.16. The summed E-state index contributed by atoms with van der Waals surface area (Å²) in [5, 5.41) is 0. The Morgan fingerprint density at radius 2 is 2.24 bits per heavy atom. The molecule has 2 unspecified atom stereocenters. The van der Waals surface area contributed by atoms with Crippen LogP contribution in [0.15, 0.2) is 24.2 Å². The maximum Gasteiger partial charge on any atom is 0.279 e. The zero-order chi connectivity index (χ0) is 12.6. The molecule has 2 rings (SSSR count). The van der Waals surface area contributed by atoms with Crippen molar-refractivity contribution in [2.45, 2.75) is 31.6 Å². The number of ketones is 1. The lowest BCUT2D eigenvalue weighted by Gasteiger charge is -2.24. The van der Waals surface area contributed by atoms with Crippen LogP contribution in [-0.4, -0.2) is 27.1 Å². The van der Waals surface area contributed by atoms with E-state index in [9.17, 15) is 4.79 Å². The first-order chi connectivity index (χ1) is 7.95. The molecule has 0 aromatic carbocycles. The first-order valence-electron chi connectivity index (χ1n) is 6.08. The molecule has 1 aliphatic heterocycles. The summed E-state index contributed by atoms with van der Waals surface area (Å²) in [6, 6.07) is 0. The molecule has 1 saturated carbocycles. The Bertz CT molecular complexity index is 379. The molecule has 0 N–H and O–H groups in total. The summed E-state index contributed by atoms with van der Waals surface area (Å²) in [4.78, 5) is 12.1. The fraction of sp³-hybridized carbons (Fsp3) is 0.615. The van der Waals surface area contributed by atoms with Gasteiger partial charge in [-0.2, -0.15) is 0 Å². The van der Waals surface area contributed by atoms with Gasteiger partial charge < -0.3 is 9.47 Å². The van der Waals surface area contributed by atoms with Crippen molar-refractivity contribution in [2.75, 3.05) is 13.2 Å². The third-order valence-corrected chi connectivity index (χ3v) is 5.74. The molecule has 0 aromatic rings. The number of ether oxygens (including phenoxy) is 2. The van der Waals surface area contributed by atoms with Gasteiger partial charge in [-0.15, -0.1) is 0 Å². The first-order valence-corrected chi connectivity index (χ1v) is 9.66. The lowest BCUT2D eigenvalue weighted by atomic mass is 10.1. The van der Waals surface area contributed by atoms with Crippen LogP contribution in [0.5, 0.6) is 0 Å². The van der Waals surface area contributed by atoms with Crippen LogP contribution in [0.1, 0.15) is 6.42 Å². The molecule has 1 aliphatic carbocycles. The molecule has 1 heterocycles. The number of carbonyl (C=O) groups excluding carboxylic acids is 1. The normalized spacial score (nSPS) is 28.1. The molecule has 94 valence electrons. The molecule has 17 heavy (non-hydrogen) atoms. The number of rotatable bonds is 4. The number of Topliss-reactive ketones (excluding diaryl/α,β-unsaturated/α-hetero) is 1. The molecule has 3 nitrogen and oxygen atoms in total. The van der Waals surface area contributed by atoms with E-state index in [1.54, 1.807) is 6.08 Å². The smallest absolute Gasteiger partial charge is 0.279 e. The second-order valence-corrected chi connectivity index (χ2v) is 11.1. The van der Waals surface area contributed by atoms with Gasteiger partial charge in [-0.3, -0.25) is 4.79 Å². The predicted octanol–water partition coefficient (Wildman–Crippen LogP) is 2.73. The van der Waals surface area contributed by atoms with Gasteiger partial charge in [0.2, 0.25) is 0 Å². The second-order valence-electron chi connectivity index (χ2n) is 5.82. The third kappa shape index (κ3) is 2.18. The van der Waals surface area contributed by atoms with E-state index in [4.69, 9.17) is 9.47 Å². The molecule has 4 heteroatoms. The monoisotopic (exact) mass is 252 g/mol. The number of carbonyl (C=O) groups is 1. The fourth-order valence-corrected chi connectivity index (χ4v) is 5.15. The van der Waals surface area contributed by atoms with Gasteiger partial charge in [0.15, 0.2) is 0 Å². The lowest BCUT2D eigenvalue weighted by Crippen LogP contribution is -2.32. The topological polar surface area (TPSA) is 35.5 Å². The highest BCUT2D eigenvalue weighted by Crippen LogP contribution is 2.49. The highest BCUT2D eigenvalue weighted by molar-refractivity contribution is 6.81. The van der Waals surface area contributed by atoms with Crippen LogP contribution in [0, 0.1) is 5.92 Å². The quantitative estimate of drug-likeness (QED) is 0.570. The van der Waals surface area contributed by atoms with Gasteiger partial charge in [-0.1, -0.05) is 32.3 Å². The van der Waals surface area contributed by atoms with E-state index in [0.717, 1.165) is 5.57 Å². The van der Waals surface area contributed by atoms with E-state index in [2.05, 4.69) is 26.2 Å². The molecule has 0 spiro atoms. The number of hydrogen-bond donors (Lipinski definition) is 0. The van der Waals surface area contributed by atoms with Gasteiger partial charge >= 0.3 is 0 Å². The van der Waals surface area contributed by atoms with Crippen LogP contribution in [0.3, 0.4) is 0 Å². The minimum atomic E-state index is -1.55. The molecular weight excluding hydrogens is 232 g/mol. The van der Waals surface area contributed by atoms with E-state index in [1.807, 2.05) is 0 Å². The van der Waals surface area contributed by atoms with E-state index in [0.29, 0.717) is 31.4 Å². The summed E-state index contributed by atoms with van der Waals surface area (Å²) in [5.41, 5.74) is 1.21. The van der Waals surface area contributed by atoms with Gasteiger partial charge in [0.1, 0.15) is 12.4 Å². The molecule has 0 amide bonds. The van der Waals surface area contributed by atoms with Crippen molar-refractivity contribution >= 4 is 13.9 Å². The predicted molar refractivity (Wildman–Crippen MR) is 69.3 cm³/mol. The Hall–Kier alpha value is -1.03. The van der Waals surface area contributed by atoms with Crippen LogP contribution in [0.25, 0.3) is 0 Å². The number of hydrogen-bond acceptors (Lipinski definition) is 3. The minimum absolute atomic E-state index is 0.0785. The van der Waals surface area contributed by atoms with Crippen molar-refractivity contribution in [2.24, 2.45) is 5.92 Å². The van der Waals surface area contributed by atoms with Crippen LogP contribution in [0.2, 0.25) is 25.2 Å². The second kappa shape index (κ2) is 4.33. The van der Waals surface area contributed by atoms with Crippen molar-refractivity contribution in [3.8, 4) is 0 Å². The Morgan fingerprint density at radius 1 is 1.53 bits per heavy atom. The van der Waals surface area contributed by atoms with E-state index >= 15 is 0 Å². The third-order valence-electron chi connectivity index (χ3n) is 3.37. The van der Waals surface area contributed by atoms with E-state index in [1.165, 1.54) is 0 Å². The summed E-state index contributed by atoms with van der Waals surface area (Å²) in [7, 11) is -1.55. The largest absolute Gasteiger partial charge is 0.465 e. The Balaban J connectivity index is 2.31. The molecule has 1 fully saturated rings. The summed E-state index contributed by atoms with van der Waals surface area (Å²) >= 11 is 0. The summed E-state index contributed by atoms with van der Waals surface area (Å²) in [5.74, 6) is 1.25. The van der Waals surface area contributed by atoms with Crippen molar-refractivity contribution in [3.63, 3.8) is 0 Å². The fourth-order valence-electron chi connectivity index (χ4n) is 2.78. The molecule has 0 radical (unpaired) electrons. The van der Waals surface area contributed by atoms with E-state index < -0.39 is 8.07 Å². The minimum Gasteiger partial charge on any atom is -0.465 e. The highest BCUT2D eigenvalue weighted by atomic mass is 28.3. The first kappa shape index (κ1) is 12.4. The standard InChI is InChI=1S/C13H20O3Si/c1-5-6-15-13-11-9(8-16-13)7-10(14)12(11)17(2,3)4/h5,9,12H,1,6-8H2,2-4H3. The van der Waals surface area contributed by atoms with E-state index in [-0.39, 0.29) is 11.5 Å². The average molecular weight is 252 g/mol. The van der Waals surface area contributed by atoms with Gasteiger partial charge in [0, 0.05) is 23.5 Å². The zero-order valence-corrected chi connectivity index (χ0v) is 11.8. The van der Waals surface area contributed by atoms with Crippen LogP contribution < -0.4 is 0 Å². The summed E-state index contributed by atoms with van der Waals surface area (Å²) in [6.07, 6.45) is 2.33. The van der Waals surface area contributed by atoms with Gasteiger partial charge in [0.05, 0.1) is 14.7 Å². The average Bonchev–Trinajstić information content (AvgIpc) is 2.71. The SMILES string of the molecule is C=CCOC1=C2C(CO1)CC(=O)C2[Si](C)(C)C. The van der Waals surface area contributed by atoms with Crippen LogP contribution in [0.4, 0.5) is 0 Å². The van der Waals surface area contributed by atoms with Gasteiger partial charge in [-0.25, -0.2) is 0 Å². The van der Waals surface area contributed by atoms with Crippen LogP contribution in [-0.2, 0) is 14.3 Å². The number of fused-ring (bicyclic) bond motifs is 1. The lowest BCUT2D eigenvalue weighted by molar-refractivity contribution is -0.117. The molecule has 0 saturated heterocycles. The molecule has 0 aromatic heterocycles. The zero-order valence-electron chi connectivity index (χ0n) is 10.8. The van der Waals surface area contributed by atoms with Crippen molar-refractivity contribution in [3.05, 3.63) is 24.2 Å². The van der Waals surface area contributed by atoms with Crippen molar-refractivity contribution in [1.82, 2.24) is 0 Å². The summed E-state index contributed by atoms with van der Waals surface area (Å²) in [6.45, 7) is 11.4. The summed E-state index contributed by atoms with van der Waals surface area (Å²) < 4.78 is 11.1. The molecule has 0 bridgehead atoms. The van der Waals surface area contributed by atoms with Crippen molar-refractivity contribution in [1.29, 1.82) is 0 Å². The van der Waals surface area contributed by atoms with Gasteiger partial charge in [-0.05, 0) is 0 Å². The van der Waals surface area contributed by atoms with Crippen molar-refractivity contribution < 1.29 is 14.3 Å². The highest BCUT2D eigenvalue weighted by Gasteiger charge is 2.50. The molecule has 2 atom stereocenters. The van der Waals surface area contributed by atoms with Crippen LogP contribution >= 0.6 is 0 Å². The van der Waals surface area contributed by atoms with Gasteiger partial charge in [0.25, 0.3) is 5.95 Å². The molecule has 2 aliphatic rings.